The molecule has 1 N–H and O–H groups in total. The molecule has 0 spiro atoms. The molecule has 2 amide bonds. The lowest BCUT2D eigenvalue weighted by Crippen LogP contribution is -2.33. The number of ether oxygens (including phenoxy) is 2. The monoisotopic (exact) mass is 366 g/mol. The summed E-state index contributed by atoms with van der Waals surface area (Å²) in [6, 6.07) is 15.6. The maximum atomic E-state index is 12.4. The number of anilines is 1. The van der Waals surface area contributed by atoms with Gasteiger partial charge in [0, 0.05) is 31.3 Å². The SMILES string of the molecule is O=C(NCCCc1ccccc1)C1CC(=O)N(c2ccc3c(c2)OCO3)C1. The zero-order chi connectivity index (χ0) is 18.6. The van der Waals surface area contributed by atoms with Crippen LogP contribution in [0, 0.1) is 5.92 Å². The molecule has 6 heteroatoms. The first-order valence-electron chi connectivity index (χ1n) is 9.22. The molecular weight excluding hydrogens is 344 g/mol. The fraction of sp³-hybridized carbons (Fsp3) is 0.333. The number of nitrogens with zero attached hydrogens (tertiary/aromatic N) is 1. The van der Waals surface area contributed by atoms with Crippen LogP contribution in [0.2, 0.25) is 0 Å². The Hall–Kier alpha value is -3.02. The highest BCUT2D eigenvalue weighted by atomic mass is 16.7. The number of aryl methyl sites for hydroxylation is 1. The molecule has 1 unspecified atom stereocenters. The Balaban J connectivity index is 1.29. The van der Waals surface area contributed by atoms with Crippen LogP contribution >= 0.6 is 0 Å². The van der Waals surface area contributed by atoms with Crippen LogP contribution < -0.4 is 19.7 Å². The molecular formula is C21H22N2O4. The van der Waals surface area contributed by atoms with Gasteiger partial charge in [-0.15, -0.1) is 0 Å². The summed E-state index contributed by atoms with van der Waals surface area (Å²) >= 11 is 0. The van der Waals surface area contributed by atoms with E-state index in [1.165, 1.54) is 5.56 Å². The quantitative estimate of drug-likeness (QED) is 0.798. The van der Waals surface area contributed by atoms with E-state index in [2.05, 4.69) is 17.4 Å². The van der Waals surface area contributed by atoms with Crippen molar-refractivity contribution in [3.8, 4) is 11.5 Å². The van der Waals surface area contributed by atoms with Gasteiger partial charge in [0.15, 0.2) is 11.5 Å². The molecule has 0 bridgehead atoms. The normalized spacial score (nSPS) is 18.0. The van der Waals surface area contributed by atoms with Crippen LogP contribution in [-0.4, -0.2) is 31.7 Å². The minimum Gasteiger partial charge on any atom is -0.454 e. The molecule has 1 saturated heterocycles. The first-order valence-corrected chi connectivity index (χ1v) is 9.22. The number of nitrogens with one attached hydrogen (secondary N) is 1. The summed E-state index contributed by atoms with van der Waals surface area (Å²) in [5.41, 5.74) is 2.00. The molecule has 27 heavy (non-hydrogen) atoms. The van der Waals surface area contributed by atoms with Crippen molar-refractivity contribution in [3.05, 3.63) is 54.1 Å². The summed E-state index contributed by atoms with van der Waals surface area (Å²) in [4.78, 5) is 26.5. The minimum absolute atomic E-state index is 0.0432. The molecule has 0 aromatic heterocycles. The van der Waals surface area contributed by atoms with Crippen molar-refractivity contribution >= 4 is 17.5 Å². The molecule has 0 radical (unpaired) electrons. The van der Waals surface area contributed by atoms with E-state index < -0.39 is 0 Å². The van der Waals surface area contributed by atoms with Crippen molar-refractivity contribution < 1.29 is 19.1 Å². The van der Waals surface area contributed by atoms with E-state index in [0.29, 0.717) is 24.6 Å². The van der Waals surface area contributed by atoms with E-state index in [4.69, 9.17) is 9.47 Å². The molecule has 4 rings (SSSR count). The Labute approximate surface area is 158 Å². The maximum absolute atomic E-state index is 12.4. The molecule has 2 aromatic rings. The van der Waals surface area contributed by atoms with Crippen LogP contribution in [-0.2, 0) is 16.0 Å². The smallest absolute Gasteiger partial charge is 0.231 e. The summed E-state index contributed by atoms with van der Waals surface area (Å²) in [6.45, 7) is 1.20. The maximum Gasteiger partial charge on any atom is 0.231 e. The predicted octanol–water partition coefficient (Wildman–Crippen LogP) is 2.52. The van der Waals surface area contributed by atoms with Gasteiger partial charge in [-0.3, -0.25) is 9.59 Å². The topological polar surface area (TPSA) is 67.9 Å². The number of rotatable bonds is 6. The van der Waals surface area contributed by atoms with Gasteiger partial charge in [-0.2, -0.15) is 0 Å². The highest BCUT2D eigenvalue weighted by molar-refractivity contribution is 6.00. The molecule has 2 aliphatic rings. The number of benzene rings is 2. The summed E-state index contributed by atoms with van der Waals surface area (Å²) in [5, 5.41) is 2.97. The fourth-order valence-corrected chi connectivity index (χ4v) is 3.48. The largest absolute Gasteiger partial charge is 0.454 e. The van der Waals surface area contributed by atoms with Crippen LogP contribution in [0.25, 0.3) is 0 Å². The number of hydrogen-bond acceptors (Lipinski definition) is 4. The summed E-state index contributed by atoms with van der Waals surface area (Å²) in [6.07, 6.45) is 2.04. The summed E-state index contributed by atoms with van der Waals surface area (Å²) in [7, 11) is 0. The minimum atomic E-state index is -0.320. The number of hydrogen-bond donors (Lipinski definition) is 1. The van der Waals surface area contributed by atoms with Gasteiger partial charge in [0.05, 0.1) is 5.92 Å². The molecule has 140 valence electrons. The number of amides is 2. The summed E-state index contributed by atoms with van der Waals surface area (Å²) in [5.74, 6) is 0.893. The van der Waals surface area contributed by atoms with E-state index in [0.717, 1.165) is 18.5 Å². The van der Waals surface area contributed by atoms with E-state index in [9.17, 15) is 9.59 Å². The van der Waals surface area contributed by atoms with E-state index in [-0.39, 0.29) is 30.9 Å². The Morgan fingerprint density at radius 1 is 1.11 bits per heavy atom. The number of fused-ring (bicyclic) bond motifs is 1. The molecule has 0 aliphatic carbocycles. The van der Waals surface area contributed by atoms with Gasteiger partial charge < -0.3 is 19.7 Å². The lowest BCUT2D eigenvalue weighted by molar-refractivity contribution is -0.126. The van der Waals surface area contributed by atoms with Crippen LogP contribution in [0.1, 0.15) is 18.4 Å². The molecule has 2 aromatic carbocycles. The Morgan fingerprint density at radius 3 is 2.78 bits per heavy atom. The van der Waals surface area contributed by atoms with E-state index in [1.807, 2.05) is 24.3 Å². The van der Waals surface area contributed by atoms with Gasteiger partial charge in [-0.1, -0.05) is 30.3 Å². The third kappa shape index (κ3) is 3.89. The molecule has 2 heterocycles. The number of carbonyl (C=O) groups excluding carboxylic acids is 2. The fourth-order valence-electron chi connectivity index (χ4n) is 3.48. The van der Waals surface area contributed by atoms with E-state index >= 15 is 0 Å². The summed E-state index contributed by atoms with van der Waals surface area (Å²) < 4.78 is 10.7. The van der Waals surface area contributed by atoms with Crippen molar-refractivity contribution in [2.45, 2.75) is 19.3 Å². The van der Waals surface area contributed by atoms with Gasteiger partial charge in [0.2, 0.25) is 18.6 Å². The standard InChI is InChI=1S/C21H22N2O4/c24-20-11-16(21(25)22-10-4-7-15-5-2-1-3-6-15)13-23(20)17-8-9-18-19(12-17)27-14-26-18/h1-3,5-6,8-9,12,16H,4,7,10-11,13-14H2,(H,22,25). The lowest BCUT2D eigenvalue weighted by atomic mass is 10.1. The van der Waals surface area contributed by atoms with Crippen LogP contribution in [0.3, 0.4) is 0 Å². The highest BCUT2D eigenvalue weighted by Crippen LogP contribution is 2.37. The van der Waals surface area contributed by atoms with Crippen molar-refractivity contribution in [1.82, 2.24) is 5.32 Å². The highest BCUT2D eigenvalue weighted by Gasteiger charge is 2.35. The van der Waals surface area contributed by atoms with Gasteiger partial charge in [-0.25, -0.2) is 0 Å². The van der Waals surface area contributed by atoms with Gasteiger partial charge in [0.1, 0.15) is 0 Å². The third-order valence-electron chi connectivity index (χ3n) is 4.95. The van der Waals surface area contributed by atoms with Crippen molar-refractivity contribution in [1.29, 1.82) is 0 Å². The zero-order valence-electron chi connectivity index (χ0n) is 15.0. The van der Waals surface area contributed by atoms with Gasteiger partial charge >= 0.3 is 0 Å². The lowest BCUT2D eigenvalue weighted by Gasteiger charge is -2.17. The first kappa shape index (κ1) is 17.4. The Kier molecular flexibility index (Phi) is 4.96. The van der Waals surface area contributed by atoms with Crippen LogP contribution in [0.4, 0.5) is 5.69 Å². The Morgan fingerprint density at radius 2 is 1.93 bits per heavy atom. The second kappa shape index (κ2) is 7.70. The Bertz CT molecular complexity index is 837. The molecule has 0 saturated carbocycles. The van der Waals surface area contributed by atoms with Crippen molar-refractivity contribution in [2.24, 2.45) is 5.92 Å². The predicted molar refractivity (Wildman–Crippen MR) is 101 cm³/mol. The first-order chi connectivity index (χ1) is 13.2. The van der Waals surface area contributed by atoms with Gasteiger partial charge in [0.25, 0.3) is 0 Å². The van der Waals surface area contributed by atoms with Crippen LogP contribution in [0.5, 0.6) is 11.5 Å². The second-order valence-corrected chi connectivity index (χ2v) is 6.82. The van der Waals surface area contributed by atoms with Crippen molar-refractivity contribution in [2.75, 3.05) is 24.8 Å². The van der Waals surface area contributed by atoms with Gasteiger partial charge in [-0.05, 0) is 30.5 Å². The number of carbonyl (C=O) groups is 2. The second-order valence-electron chi connectivity index (χ2n) is 6.82. The van der Waals surface area contributed by atoms with Crippen LogP contribution in [0.15, 0.2) is 48.5 Å². The molecule has 6 nitrogen and oxygen atoms in total. The average molecular weight is 366 g/mol. The van der Waals surface area contributed by atoms with E-state index in [1.54, 1.807) is 17.0 Å². The molecule has 2 aliphatic heterocycles. The molecule has 1 atom stereocenters. The molecule has 1 fully saturated rings. The van der Waals surface area contributed by atoms with Crippen molar-refractivity contribution in [3.63, 3.8) is 0 Å². The third-order valence-corrected chi connectivity index (χ3v) is 4.95. The zero-order valence-corrected chi connectivity index (χ0v) is 15.0. The average Bonchev–Trinajstić information content (AvgIpc) is 3.31.